The molecular weight excluding hydrogens is 673 g/mol. The lowest BCUT2D eigenvalue weighted by molar-refractivity contribution is -0.120. The van der Waals surface area contributed by atoms with E-state index in [1.165, 1.54) is 0 Å². The maximum atomic E-state index is 11.5. The van der Waals surface area contributed by atoms with Crippen molar-refractivity contribution in [1.29, 1.82) is 0 Å². The molecule has 4 N–H and O–H groups in total. The number of halogens is 2. The second kappa shape index (κ2) is 14.8. The summed E-state index contributed by atoms with van der Waals surface area (Å²) in [5.41, 5.74) is 7.54. The van der Waals surface area contributed by atoms with Gasteiger partial charge in [0.05, 0.1) is 28.5 Å². The quantitative estimate of drug-likeness (QED) is 0.125. The first-order valence-electron chi connectivity index (χ1n) is 16.8. The zero-order valence-corrected chi connectivity index (χ0v) is 29.5. The van der Waals surface area contributed by atoms with Crippen LogP contribution in [0.2, 0.25) is 10.0 Å². The number of aromatic nitrogens is 3. The van der Waals surface area contributed by atoms with Gasteiger partial charge in [-0.3, -0.25) is 14.6 Å². The van der Waals surface area contributed by atoms with E-state index in [1.54, 1.807) is 13.3 Å². The monoisotopic (exact) mass is 711 g/mol. The number of carbonyl (C=O) groups is 2. The van der Waals surface area contributed by atoms with E-state index in [2.05, 4.69) is 38.5 Å². The number of benzene rings is 2. The van der Waals surface area contributed by atoms with Crippen LogP contribution in [0.15, 0.2) is 67.0 Å². The van der Waals surface area contributed by atoms with E-state index in [-0.39, 0.29) is 23.9 Å². The molecule has 2 aromatic carbocycles. The molecule has 10 nitrogen and oxygen atoms in total. The lowest BCUT2D eigenvalue weighted by Gasteiger charge is -2.16. The van der Waals surface area contributed by atoms with Gasteiger partial charge in [-0.1, -0.05) is 53.5 Å². The van der Waals surface area contributed by atoms with Crippen LogP contribution < -0.4 is 26.0 Å². The predicted molar refractivity (Wildman–Crippen MR) is 197 cm³/mol. The highest BCUT2D eigenvalue weighted by molar-refractivity contribution is 6.39. The molecule has 5 heterocycles. The van der Waals surface area contributed by atoms with E-state index in [1.807, 2.05) is 60.1 Å². The molecule has 0 bridgehead atoms. The Morgan fingerprint density at radius 3 is 2.22 bits per heavy atom. The van der Waals surface area contributed by atoms with Gasteiger partial charge < -0.3 is 30.6 Å². The maximum absolute atomic E-state index is 11.5. The number of rotatable bonds is 12. The maximum Gasteiger partial charge on any atom is 0.220 e. The zero-order chi connectivity index (χ0) is 34.8. The van der Waals surface area contributed by atoms with Gasteiger partial charge in [-0.05, 0) is 42.7 Å². The molecule has 258 valence electrons. The first-order valence-corrected chi connectivity index (χ1v) is 17.6. The zero-order valence-electron chi connectivity index (χ0n) is 28.0. The fourth-order valence-corrected chi connectivity index (χ4v) is 7.52. The summed E-state index contributed by atoms with van der Waals surface area (Å²) in [7, 11) is 3.64. The highest BCUT2D eigenvalue weighted by atomic mass is 35.5. The predicted octanol–water partition coefficient (Wildman–Crippen LogP) is 6.02. The summed E-state index contributed by atoms with van der Waals surface area (Å²) < 4.78 is 7.77. The van der Waals surface area contributed by atoms with Crippen molar-refractivity contribution in [3.8, 4) is 39.4 Å². The van der Waals surface area contributed by atoms with E-state index < -0.39 is 0 Å². The first kappa shape index (κ1) is 34.0. The molecule has 0 aliphatic carbocycles. The van der Waals surface area contributed by atoms with Gasteiger partial charge in [0, 0.05) is 104 Å². The van der Waals surface area contributed by atoms with Crippen molar-refractivity contribution in [3.05, 3.63) is 88.2 Å². The SMILES string of the molecule is COc1cc(-c2nccc(-c3cccc(-c4ccc5c(CNC[C@@H]6CCC(=O)N6)cn(C)c5n4)c3Cl)c2Cl)ccc1CNC[C@@H]1CCC(=O)N1. The smallest absolute Gasteiger partial charge is 0.220 e. The molecule has 50 heavy (non-hydrogen) atoms. The number of hydrogen-bond acceptors (Lipinski definition) is 7. The Bertz CT molecular complexity index is 2080. The van der Waals surface area contributed by atoms with E-state index >= 15 is 0 Å². The number of ether oxygens (including phenoxy) is 1. The fraction of sp³-hybridized carbons (Fsp3) is 0.316. The number of nitrogens with zero attached hydrogens (tertiary/aromatic N) is 3. The van der Waals surface area contributed by atoms with Gasteiger partial charge in [0.25, 0.3) is 0 Å². The topological polar surface area (TPSA) is 122 Å². The van der Waals surface area contributed by atoms with Crippen molar-refractivity contribution in [2.45, 2.75) is 50.9 Å². The molecule has 3 aromatic heterocycles. The number of carbonyl (C=O) groups excluding carboxylic acids is 2. The van der Waals surface area contributed by atoms with Crippen LogP contribution >= 0.6 is 23.2 Å². The Labute approximate surface area is 300 Å². The summed E-state index contributed by atoms with van der Waals surface area (Å²) in [4.78, 5) is 32.7. The molecule has 0 radical (unpaired) electrons. The number of aryl methyl sites for hydroxylation is 1. The minimum absolute atomic E-state index is 0.107. The molecule has 2 saturated heterocycles. The molecule has 2 aliphatic rings. The van der Waals surface area contributed by atoms with E-state index in [0.717, 1.165) is 75.2 Å². The lowest BCUT2D eigenvalue weighted by atomic mass is 9.99. The fourth-order valence-electron chi connectivity index (χ4n) is 6.87. The second-order valence-corrected chi connectivity index (χ2v) is 13.7. The van der Waals surface area contributed by atoms with Crippen molar-refractivity contribution in [3.63, 3.8) is 0 Å². The van der Waals surface area contributed by atoms with E-state index in [4.69, 9.17) is 32.9 Å². The first-order chi connectivity index (χ1) is 24.3. The Morgan fingerprint density at radius 2 is 1.54 bits per heavy atom. The van der Waals surface area contributed by atoms with Crippen LogP contribution in [0.1, 0.15) is 36.8 Å². The number of fused-ring (bicyclic) bond motifs is 1. The third kappa shape index (κ3) is 7.07. The average Bonchev–Trinajstić information content (AvgIpc) is 3.83. The molecule has 12 heteroatoms. The lowest BCUT2D eigenvalue weighted by Crippen LogP contribution is -2.35. The van der Waals surface area contributed by atoms with Crippen LogP contribution in [-0.4, -0.2) is 58.6 Å². The normalized spacial score (nSPS) is 17.4. The number of nitrogens with one attached hydrogen (secondary N) is 4. The summed E-state index contributed by atoms with van der Waals surface area (Å²) >= 11 is 14.2. The van der Waals surface area contributed by atoms with Gasteiger partial charge in [-0.15, -0.1) is 0 Å². The number of methoxy groups -OCH3 is 1. The average molecular weight is 713 g/mol. The second-order valence-electron chi connectivity index (χ2n) is 12.9. The summed E-state index contributed by atoms with van der Waals surface area (Å²) in [6.45, 7) is 2.70. The van der Waals surface area contributed by atoms with Gasteiger partial charge >= 0.3 is 0 Å². The molecule has 2 atom stereocenters. The third-order valence-electron chi connectivity index (χ3n) is 9.50. The summed E-state index contributed by atoms with van der Waals surface area (Å²) in [6, 6.07) is 18.1. The molecule has 5 aromatic rings. The Morgan fingerprint density at radius 1 is 0.860 bits per heavy atom. The van der Waals surface area contributed by atoms with Crippen LogP contribution in [-0.2, 0) is 29.7 Å². The minimum atomic E-state index is 0.107. The molecular formula is C38H39Cl2N7O3. The van der Waals surface area contributed by atoms with Gasteiger partial charge in [-0.25, -0.2) is 4.98 Å². The third-order valence-corrected chi connectivity index (χ3v) is 10.3. The molecule has 2 aliphatic heterocycles. The highest BCUT2D eigenvalue weighted by Crippen LogP contribution is 2.42. The van der Waals surface area contributed by atoms with Gasteiger partial charge in [0.1, 0.15) is 11.4 Å². The molecule has 2 fully saturated rings. The van der Waals surface area contributed by atoms with Crippen molar-refractivity contribution < 1.29 is 14.3 Å². The summed E-state index contributed by atoms with van der Waals surface area (Å²) in [6.07, 6.45) is 6.71. The van der Waals surface area contributed by atoms with Crippen molar-refractivity contribution in [2.24, 2.45) is 7.05 Å². The van der Waals surface area contributed by atoms with Crippen molar-refractivity contribution in [2.75, 3.05) is 20.2 Å². The van der Waals surface area contributed by atoms with Crippen LogP contribution in [0.5, 0.6) is 5.75 Å². The standard InChI is InChI=1S/C38H39Cl2N7O3/c1-47-21-24(18-42-20-26-9-13-34(49)45-26)27-10-11-31(46-38(27)47)30-5-3-4-28(35(30)39)29-14-15-43-37(36(29)40)22-6-7-23(32(16-22)50-2)17-41-19-25-8-12-33(48)44-25/h3-7,10-11,14-16,21,25-26,41-42H,8-9,12-13,17-20H2,1-2H3,(H,44,48)(H,45,49)/t25-,26-/m0/s1. The van der Waals surface area contributed by atoms with Gasteiger partial charge in [-0.2, -0.15) is 0 Å². The number of amides is 2. The number of hydrogen-bond donors (Lipinski definition) is 4. The van der Waals surface area contributed by atoms with Crippen molar-refractivity contribution >= 4 is 46.0 Å². The van der Waals surface area contributed by atoms with Crippen molar-refractivity contribution in [1.82, 2.24) is 35.8 Å². The molecule has 2 amide bonds. The number of pyridine rings is 2. The highest BCUT2D eigenvalue weighted by Gasteiger charge is 2.22. The van der Waals surface area contributed by atoms with Crippen LogP contribution in [0.25, 0.3) is 44.7 Å². The Balaban J connectivity index is 1.11. The largest absolute Gasteiger partial charge is 0.496 e. The summed E-state index contributed by atoms with van der Waals surface area (Å²) in [5, 5.41) is 15.0. The van der Waals surface area contributed by atoms with Gasteiger partial charge in [0.2, 0.25) is 11.8 Å². The molecule has 0 spiro atoms. The van der Waals surface area contributed by atoms with Crippen LogP contribution in [0.3, 0.4) is 0 Å². The van der Waals surface area contributed by atoms with E-state index in [0.29, 0.717) is 48.2 Å². The van der Waals surface area contributed by atoms with Gasteiger partial charge in [0.15, 0.2) is 0 Å². The molecule has 0 unspecified atom stereocenters. The summed E-state index contributed by atoms with van der Waals surface area (Å²) in [5.74, 6) is 0.949. The molecule has 7 rings (SSSR count). The molecule has 0 saturated carbocycles. The van der Waals surface area contributed by atoms with Crippen LogP contribution in [0.4, 0.5) is 0 Å². The van der Waals surface area contributed by atoms with Crippen LogP contribution in [0, 0.1) is 0 Å². The van der Waals surface area contributed by atoms with E-state index in [9.17, 15) is 9.59 Å². The Kier molecular flexibility index (Phi) is 10.1. The minimum Gasteiger partial charge on any atom is -0.496 e. The Hall–Kier alpha value is -4.48.